The SMILES string of the molecule is COc1ccc2c(c1)OC(CCc1ccccc1)CC2O. The van der Waals surface area contributed by atoms with Crippen LogP contribution in [0.5, 0.6) is 11.5 Å². The highest BCUT2D eigenvalue weighted by Gasteiger charge is 2.27. The molecule has 2 atom stereocenters. The van der Waals surface area contributed by atoms with E-state index >= 15 is 0 Å². The number of hydrogen-bond acceptors (Lipinski definition) is 3. The summed E-state index contributed by atoms with van der Waals surface area (Å²) in [6.07, 6.45) is 2.08. The van der Waals surface area contributed by atoms with Crippen molar-refractivity contribution in [1.82, 2.24) is 0 Å². The van der Waals surface area contributed by atoms with Crippen LogP contribution in [0, 0.1) is 0 Å². The lowest BCUT2D eigenvalue weighted by Gasteiger charge is -2.30. The Balaban J connectivity index is 1.69. The fourth-order valence-corrected chi connectivity index (χ4v) is 2.77. The minimum atomic E-state index is -0.458. The topological polar surface area (TPSA) is 38.7 Å². The molecule has 0 saturated carbocycles. The maximum Gasteiger partial charge on any atom is 0.129 e. The Bertz CT molecular complexity index is 595. The van der Waals surface area contributed by atoms with Crippen molar-refractivity contribution in [3.63, 3.8) is 0 Å². The average Bonchev–Trinajstić information content (AvgIpc) is 2.53. The van der Waals surface area contributed by atoms with E-state index < -0.39 is 6.10 Å². The standard InChI is InChI=1S/C18H20O3/c1-20-14-9-10-16-17(19)11-15(21-18(16)12-14)8-7-13-5-3-2-4-6-13/h2-6,9-10,12,15,17,19H,7-8,11H2,1H3. The largest absolute Gasteiger partial charge is 0.497 e. The Kier molecular flexibility index (Phi) is 4.11. The number of aliphatic hydroxyl groups excluding tert-OH is 1. The van der Waals surface area contributed by atoms with Gasteiger partial charge in [-0.15, -0.1) is 0 Å². The van der Waals surface area contributed by atoms with E-state index in [0.717, 1.165) is 29.9 Å². The highest BCUT2D eigenvalue weighted by atomic mass is 16.5. The first kappa shape index (κ1) is 14.0. The Morgan fingerprint density at radius 3 is 2.76 bits per heavy atom. The van der Waals surface area contributed by atoms with E-state index in [2.05, 4.69) is 12.1 Å². The molecule has 0 aromatic heterocycles. The zero-order chi connectivity index (χ0) is 14.7. The van der Waals surface area contributed by atoms with Crippen LogP contribution in [-0.4, -0.2) is 18.3 Å². The van der Waals surface area contributed by atoms with Gasteiger partial charge in [-0.25, -0.2) is 0 Å². The molecule has 0 amide bonds. The number of hydrogen-bond donors (Lipinski definition) is 1. The molecule has 0 saturated heterocycles. The number of rotatable bonds is 4. The second kappa shape index (κ2) is 6.19. The molecule has 110 valence electrons. The zero-order valence-corrected chi connectivity index (χ0v) is 12.2. The monoisotopic (exact) mass is 284 g/mol. The molecule has 2 aromatic carbocycles. The summed E-state index contributed by atoms with van der Waals surface area (Å²) in [5.41, 5.74) is 2.15. The first-order valence-electron chi connectivity index (χ1n) is 7.33. The Morgan fingerprint density at radius 2 is 2.00 bits per heavy atom. The molecule has 1 N–H and O–H groups in total. The average molecular weight is 284 g/mol. The summed E-state index contributed by atoms with van der Waals surface area (Å²) in [7, 11) is 1.63. The highest BCUT2D eigenvalue weighted by molar-refractivity contribution is 5.43. The van der Waals surface area contributed by atoms with Crippen molar-refractivity contribution in [2.75, 3.05) is 7.11 Å². The van der Waals surface area contributed by atoms with Crippen LogP contribution < -0.4 is 9.47 Å². The smallest absolute Gasteiger partial charge is 0.129 e. The summed E-state index contributed by atoms with van der Waals surface area (Å²) in [5.74, 6) is 1.50. The highest BCUT2D eigenvalue weighted by Crippen LogP contribution is 2.38. The van der Waals surface area contributed by atoms with Gasteiger partial charge in [-0.2, -0.15) is 0 Å². The minimum absolute atomic E-state index is 0.0415. The molecule has 2 unspecified atom stereocenters. The molecule has 0 bridgehead atoms. The Labute approximate surface area is 125 Å². The zero-order valence-electron chi connectivity index (χ0n) is 12.2. The summed E-state index contributed by atoms with van der Waals surface area (Å²) < 4.78 is 11.2. The van der Waals surface area contributed by atoms with Gasteiger partial charge in [-0.05, 0) is 30.5 Å². The molecule has 3 rings (SSSR count). The molecule has 3 nitrogen and oxygen atoms in total. The molecule has 1 aliphatic heterocycles. The van der Waals surface area contributed by atoms with Crippen molar-refractivity contribution in [1.29, 1.82) is 0 Å². The third-order valence-electron chi connectivity index (χ3n) is 3.96. The van der Waals surface area contributed by atoms with Crippen LogP contribution in [0.4, 0.5) is 0 Å². The lowest BCUT2D eigenvalue weighted by molar-refractivity contribution is 0.0617. The molecular formula is C18H20O3. The molecule has 2 aromatic rings. The van der Waals surface area contributed by atoms with Crippen LogP contribution in [0.1, 0.15) is 30.1 Å². The minimum Gasteiger partial charge on any atom is -0.497 e. The van der Waals surface area contributed by atoms with E-state index in [0.29, 0.717) is 6.42 Å². The van der Waals surface area contributed by atoms with Crippen molar-refractivity contribution in [3.8, 4) is 11.5 Å². The molecule has 0 spiro atoms. The number of methoxy groups -OCH3 is 1. The molecule has 0 aliphatic carbocycles. The quantitative estimate of drug-likeness (QED) is 0.933. The summed E-state index contributed by atoms with van der Waals surface area (Å²) in [6, 6.07) is 16.0. The van der Waals surface area contributed by atoms with E-state index in [1.54, 1.807) is 7.11 Å². The molecule has 1 heterocycles. The third kappa shape index (κ3) is 3.19. The van der Waals surface area contributed by atoms with E-state index in [-0.39, 0.29) is 6.10 Å². The molecule has 3 heteroatoms. The summed E-state index contributed by atoms with van der Waals surface area (Å²) in [6.45, 7) is 0. The summed E-state index contributed by atoms with van der Waals surface area (Å²) in [5, 5.41) is 10.3. The van der Waals surface area contributed by atoms with Crippen molar-refractivity contribution in [3.05, 3.63) is 59.7 Å². The lowest BCUT2D eigenvalue weighted by Crippen LogP contribution is -2.26. The van der Waals surface area contributed by atoms with Crippen LogP contribution in [0.15, 0.2) is 48.5 Å². The van der Waals surface area contributed by atoms with E-state index in [4.69, 9.17) is 9.47 Å². The molecule has 0 radical (unpaired) electrons. The lowest BCUT2D eigenvalue weighted by atomic mass is 9.95. The first-order chi connectivity index (χ1) is 10.3. The Hall–Kier alpha value is -2.00. The fraction of sp³-hybridized carbons (Fsp3) is 0.333. The summed E-state index contributed by atoms with van der Waals surface area (Å²) >= 11 is 0. The second-order valence-corrected chi connectivity index (χ2v) is 5.42. The van der Waals surface area contributed by atoms with Crippen LogP contribution in [0.2, 0.25) is 0 Å². The van der Waals surface area contributed by atoms with Crippen molar-refractivity contribution in [2.24, 2.45) is 0 Å². The predicted molar refractivity (Wildman–Crippen MR) is 81.7 cm³/mol. The first-order valence-corrected chi connectivity index (χ1v) is 7.33. The van der Waals surface area contributed by atoms with Gasteiger partial charge >= 0.3 is 0 Å². The van der Waals surface area contributed by atoms with Crippen molar-refractivity contribution < 1.29 is 14.6 Å². The van der Waals surface area contributed by atoms with Crippen LogP contribution >= 0.6 is 0 Å². The van der Waals surface area contributed by atoms with E-state index in [1.807, 2.05) is 36.4 Å². The molecule has 21 heavy (non-hydrogen) atoms. The number of aryl methyl sites for hydroxylation is 1. The van der Waals surface area contributed by atoms with Crippen LogP contribution in [0.25, 0.3) is 0 Å². The van der Waals surface area contributed by atoms with Gasteiger partial charge < -0.3 is 14.6 Å². The predicted octanol–water partition coefficient (Wildman–Crippen LogP) is 3.51. The van der Waals surface area contributed by atoms with Crippen LogP contribution in [-0.2, 0) is 6.42 Å². The van der Waals surface area contributed by atoms with Gasteiger partial charge in [0.25, 0.3) is 0 Å². The van der Waals surface area contributed by atoms with Gasteiger partial charge in [0.2, 0.25) is 0 Å². The van der Waals surface area contributed by atoms with Gasteiger partial charge in [0.1, 0.15) is 17.6 Å². The normalized spacial score (nSPS) is 20.5. The Morgan fingerprint density at radius 1 is 1.19 bits per heavy atom. The molecular weight excluding hydrogens is 264 g/mol. The van der Waals surface area contributed by atoms with Crippen LogP contribution in [0.3, 0.4) is 0 Å². The maximum atomic E-state index is 10.3. The summed E-state index contributed by atoms with van der Waals surface area (Å²) in [4.78, 5) is 0. The number of fused-ring (bicyclic) bond motifs is 1. The third-order valence-corrected chi connectivity index (χ3v) is 3.96. The van der Waals surface area contributed by atoms with Crippen molar-refractivity contribution >= 4 is 0 Å². The number of ether oxygens (including phenoxy) is 2. The molecule has 1 aliphatic rings. The number of benzene rings is 2. The van der Waals surface area contributed by atoms with Crippen molar-refractivity contribution in [2.45, 2.75) is 31.5 Å². The maximum absolute atomic E-state index is 10.3. The van der Waals surface area contributed by atoms with E-state index in [1.165, 1.54) is 5.56 Å². The van der Waals surface area contributed by atoms with Gasteiger partial charge in [-0.1, -0.05) is 30.3 Å². The van der Waals surface area contributed by atoms with Gasteiger partial charge in [0, 0.05) is 18.1 Å². The van der Waals surface area contributed by atoms with Gasteiger partial charge in [-0.3, -0.25) is 0 Å². The van der Waals surface area contributed by atoms with Gasteiger partial charge in [0.05, 0.1) is 13.2 Å². The molecule has 0 fully saturated rings. The fourth-order valence-electron chi connectivity index (χ4n) is 2.77. The second-order valence-electron chi connectivity index (χ2n) is 5.42. The van der Waals surface area contributed by atoms with E-state index in [9.17, 15) is 5.11 Å². The van der Waals surface area contributed by atoms with Gasteiger partial charge in [0.15, 0.2) is 0 Å². The number of aliphatic hydroxyl groups is 1.